The van der Waals surface area contributed by atoms with Crippen LogP contribution in [0.15, 0.2) is 47.0 Å². The van der Waals surface area contributed by atoms with Crippen molar-refractivity contribution in [2.24, 2.45) is 0 Å². The molecule has 0 spiro atoms. The van der Waals surface area contributed by atoms with E-state index in [-0.39, 0.29) is 5.75 Å². The number of aromatic nitrogens is 1. The molecule has 0 aliphatic rings. The summed E-state index contributed by atoms with van der Waals surface area (Å²) in [5.74, 6) is -0.223. The van der Waals surface area contributed by atoms with E-state index in [1.165, 1.54) is 12.1 Å². The van der Waals surface area contributed by atoms with E-state index in [1.807, 2.05) is 18.2 Å². The van der Waals surface area contributed by atoms with Gasteiger partial charge in [-0.3, -0.25) is 0 Å². The number of nitrogens with zero attached hydrogens (tertiary/aromatic N) is 1. The number of aryl methyl sites for hydroxylation is 1. The number of alkyl halides is 3. The summed E-state index contributed by atoms with van der Waals surface area (Å²) in [7, 11) is 0. The Balaban J connectivity index is 2.02. The van der Waals surface area contributed by atoms with Crippen LogP contribution in [-0.4, -0.2) is 11.5 Å². The van der Waals surface area contributed by atoms with E-state index >= 15 is 0 Å². The third kappa shape index (κ3) is 2.69. The van der Waals surface area contributed by atoms with Crippen molar-refractivity contribution in [3.05, 3.63) is 48.0 Å². The monoisotopic (exact) mass is 293 g/mol. The minimum Gasteiger partial charge on any atom is -0.406 e. The fraction of sp³-hybridized carbons (Fsp3) is 0.133. The third-order valence-electron chi connectivity index (χ3n) is 3.05. The Bertz CT molecular complexity index is 793. The first kappa shape index (κ1) is 13.5. The Hall–Kier alpha value is -2.50. The van der Waals surface area contributed by atoms with Crippen LogP contribution in [0, 0.1) is 6.92 Å². The van der Waals surface area contributed by atoms with E-state index in [4.69, 9.17) is 4.52 Å². The number of ether oxygens (including phenoxy) is 1. The molecule has 1 heterocycles. The molecular formula is C15H10F3NO2. The summed E-state index contributed by atoms with van der Waals surface area (Å²) in [6, 6.07) is 11.7. The van der Waals surface area contributed by atoms with Crippen LogP contribution in [0.5, 0.6) is 5.75 Å². The van der Waals surface area contributed by atoms with Crippen LogP contribution in [0.2, 0.25) is 0 Å². The van der Waals surface area contributed by atoms with Crippen molar-refractivity contribution in [1.82, 2.24) is 5.16 Å². The average Bonchev–Trinajstić information content (AvgIpc) is 2.83. The second-order valence-electron chi connectivity index (χ2n) is 4.56. The SMILES string of the molecule is Cc1cc(-c2noc3ccccc23)ccc1OC(F)(F)F. The highest BCUT2D eigenvalue weighted by Crippen LogP contribution is 2.32. The average molecular weight is 293 g/mol. The molecule has 21 heavy (non-hydrogen) atoms. The van der Waals surface area contributed by atoms with E-state index in [2.05, 4.69) is 9.89 Å². The van der Waals surface area contributed by atoms with Crippen molar-refractivity contribution in [2.75, 3.05) is 0 Å². The van der Waals surface area contributed by atoms with E-state index in [0.717, 1.165) is 5.39 Å². The molecule has 0 radical (unpaired) electrons. The fourth-order valence-electron chi connectivity index (χ4n) is 2.13. The van der Waals surface area contributed by atoms with Crippen LogP contribution >= 0.6 is 0 Å². The van der Waals surface area contributed by atoms with Gasteiger partial charge in [0.2, 0.25) is 0 Å². The lowest BCUT2D eigenvalue weighted by atomic mass is 10.1. The maximum Gasteiger partial charge on any atom is 0.573 e. The quantitative estimate of drug-likeness (QED) is 0.687. The van der Waals surface area contributed by atoms with Gasteiger partial charge in [0.1, 0.15) is 11.4 Å². The minimum atomic E-state index is -4.70. The summed E-state index contributed by atoms with van der Waals surface area (Å²) in [5, 5.41) is 4.78. The molecule has 0 atom stereocenters. The summed E-state index contributed by atoms with van der Waals surface area (Å²) in [6.07, 6.45) is -4.70. The van der Waals surface area contributed by atoms with Crippen LogP contribution in [0.3, 0.4) is 0 Å². The fourth-order valence-corrected chi connectivity index (χ4v) is 2.13. The maximum absolute atomic E-state index is 12.3. The van der Waals surface area contributed by atoms with Crippen LogP contribution in [0.4, 0.5) is 13.2 Å². The highest BCUT2D eigenvalue weighted by atomic mass is 19.4. The summed E-state index contributed by atoms with van der Waals surface area (Å²) in [6.45, 7) is 1.55. The molecule has 3 nitrogen and oxygen atoms in total. The zero-order chi connectivity index (χ0) is 15.0. The summed E-state index contributed by atoms with van der Waals surface area (Å²) < 4.78 is 45.9. The molecule has 108 valence electrons. The molecule has 0 amide bonds. The first-order valence-corrected chi connectivity index (χ1v) is 6.15. The Morgan fingerprint density at radius 1 is 1.10 bits per heavy atom. The van der Waals surface area contributed by atoms with Gasteiger partial charge in [0, 0.05) is 10.9 Å². The van der Waals surface area contributed by atoms with Crippen molar-refractivity contribution in [3.63, 3.8) is 0 Å². The molecule has 0 unspecified atom stereocenters. The normalized spacial score (nSPS) is 11.8. The highest BCUT2D eigenvalue weighted by molar-refractivity contribution is 5.91. The van der Waals surface area contributed by atoms with Gasteiger partial charge in [-0.2, -0.15) is 0 Å². The van der Waals surface area contributed by atoms with Gasteiger partial charge < -0.3 is 9.26 Å². The summed E-state index contributed by atoms with van der Waals surface area (Å²) in [5.41, 5.74) is 2.26. The molecule has 0 N–H and O–H groups in total. The van der Waals surface area contributed by atoms with Crippen LogP contribution in [0.25, 0.3) is 22.2 Å². The van der Waals surface area contributed by atoms with E-state index < -0.39 is 6.36 Å². The van der Waals surface area contributed by atoms with Crippen LogP contribution in [0.1, 0.15) is 5.56 Å². The van der Waals surface area contributed by atoms with E-state index in [9.17, 15) is 13.2 Å². The van der Waals surface area contributed by atoms with Gasteiger partial charge in [0.15, 0.2) is 5.58 Å². The Kier molecular flexibility index (Phi) is 3.08. The first-order chi connectivity index (χ1) is 9.94. The molecule has 0 aliphatic heterocycles. The van der Waals surface area contributed by atoms with Gasteiger partial charge in [-0.25, -0.2) is 0 Å². The molecule has 3 rings (SSSR count). The molecular weight excluding hydrogens is 283 g/mol. The number of rotatable bonds is 2. The Labute approximate surface area is 117 Å². The lowest BCUT2D eigenvalue weighted by Gasteiger charge is -2.11. The lowest BCUT2D eigenvalue weighted by molar-refractivity contribution is -0.274. The van der Waals surface area contributed by atoms with Crippen LogP contribution in [-0.2, 0) is 0 Å². The molecule has 2 aromatic carbocycles. The zero-order valence-corrected chi connectivity index (χ0v) is 10.9. The van der Waals surface area contributed by atoms with Crippen molar-refractivity contribution in [2.45, 2.75) is 13.3 Å². The number of benzene rings is 2. The minimum absolute atomic E-state index is 0.223. The topological polar surface area (TPSA) is 35.3 Å². The van der Waals surface area contributed by atoms with Crippen LogP contribution < -0.4 is 4.74 Å². The Morgan fingerprint density at radius 3 is 2.57 bits per heavy atom. The maximum atomic E-state index is 12.3. The van der Waals surface area contributed by atoms with Gasteiger partial charge in [-0.1, -0.05) is 17.3 Å². The van der Waals surface area contributed by atoms with Crippen molar-refractivity contribution < 1.29 is 22.4 Å². The molecule has 0 saturated heterocycles. The standard InChI is InChI=1S/C15H10F3NO2/c1-9-8-10(6-7-12(9)20-15(16,17)18)14-11-4-2-3-5-13(11)21-19-14/h2-8H,1H3. The van der Waals surface area contributed by atoms with E-state index in [0.29, 0.717) is 22.4 Å². The number of hydrogen-bond acceptors (Lipinski definition) is 3. The van der Waals surface area contributed by atoms with Gasteiger partial charge in [0.25, 0.3) is 0 Å². The van der Waals surface area contributed by atoms with Crippen molar-refractivity contribution in [1.29, 1.82) is 0 Å². The third-order valence-corrected chi connectivity index (χ3v) is 3.05. The molecule has 0 aliphatic carbocycles. The predicted octanol–water partition coefficient (Wildman–Crippen LogP) is 4.70. The smallest absolute Gasteiger partial charge is 0.406 e. The molecule has 0 bridgehead atoms. The molecule has 0 saturated carbocycles. The molecule has 6 heteroatoms. The Morgan fingerprint density at radius 2 is 1.86 bits per heavy atom. The first-order valence-electron chi connectivity index (χ1n) is 6.15. The summed E-state index contributed by atoms with van der Waals surface area (Å²) >= 11 is 0. The van der Waals surface area contributed by atoms with Gasteiger partial charge >= 0.3 is 6.36 Å². The van der Waals surface area contributed by atoms with Crippen molar-refractivity contribution in [3.8, 4) is 17.0 Å². The van der Waals surface area contributed by atoms with Crippen molar-refractivity contribution >= 4 is 11.0 Å². The molecule has 3 aromatic rings. The number of fused-ring (bicyclic) bond motifs is 1. The zero-order valence-electron chi connectivity index (χ0n) is 10.9. The predicted molar refractivity (Wildman–Crippen MR) is 70.9 cm³/mol. The van der Waals surface area contributed by atoms with Gasteiger partial charge in [-0.15, -0.1) is 13.2 Å². The summed E-state index contributed by atoms with van der Waals surface area (Å²) in [4.78, 5) is 0. The van der Waals surface area contributed by atoms with Gasteiger partial charge in [-0.05, 0) is 42.8 Å². The number of para-hydroxylation sites is 1. The van der Waals surface area contributed by atoms with E-state index in [1.54, 1.807) is 19.1 Å². The number of hydrogen-bond donors (Lipinski definition) is 0. The largest absolute Gasteiger partial charge is 0.573 e. The molecule has 1 aromatic heterocycles. The highest BCUT2D eigenvalue weighted by Gasteiger charge is 2.31. The van der Waals surface area contributed by atoms with Gasteiger partial charge in [0.05, 0.1) is 0 Å². The lowest BCUT2D eigenvalue weighted by Crippen LogP contribution is -2.17. The number of halogens is 3. The second-order valence-corrected chi connectivity index (χ2v) is 4.56. The molecule has 0 fully saturated rings. The second kappa shape index (κ2) is 4.80.